The maximum atomic E-state index is 14.1. The third kappa shape index (κ3) is 2.88. The van der Waals surface area contributed by atoms with Crippen LogP contribution in [-0.2, 0) is 0 Å². The number of carbonyl (C=O) groups is 1. The molecule has 0 N–H and O–H groups in total. The van der Waals surface area contributed by atoms with E-state index in [2.05, 4.69) is 15.9 Å². The van der Waals surface area contributed by atoms with E-state index in [1.54, 1.807) is 13.0 Å². The van der Waals surface area contributed by atoms with Crippen LogP contribution in [0.25, 0.3) is 0 Å². The van der Waals surface area contributed by atoms with Crippen molar-refractivity contribution in [2.24, 2.45) is 0 Å². The standard InChI is InChI=1S/C17H14BrF3N2O/c1-2-22-16(12-7-10(19)3-6-14(12)20)9-23(17(22)24)11-4-5-13(18)15(21)8-11/h3-8,16H,2,9H2,1H3. The van der Waals surface area contributed by atoms with E-state index in [-0.39, 0.29) is 22.6 Å². The lowest BCUT2D eigenvalue weighted by molar-refractivity contribution is 0.208. The topological polar surface area (TPSA) is 23.6 Å². The minimum atomic E-state index is -0.634. The number of amides is 2. The number of anilines is 1. The van der Waals surface area contributed by atoms with Crippen molar-refractivity contribution in [3.05, 3.63) is 63.9 Å². The van der Waals surface area contributed by atoms with E-state index in [1.165, 1.54) is 21.9 Å². The fraction of sp³-hybridized carbons (Fsp3) is 0.235. The Morgan fingerprint density at radius 2 is 1.88 bits per heavy atom. The fourth-order valence-corrected chi connectivity index (χ4v) is 3.15. The first kappa shape index (κ1) is 16.8. The molecule has 2 amide bonds. The molecule has 24 heavy (non-hydrogen) atoms. The molecule has 7 heteroatoms. The molecule has 0 aliphatic carbocycles. The van der Waals surface area contributed by atoms with Gasteiger partial charge >= 0.3 is 6.03 Å². The summed E-state index contributed by atoms with van der Waals surface area (Å²) in [5.41, 5.74) is 0.490. The normalized spacial score (nSPS) is 17.7. The van der Waals surface area contributed by atoms with Crippen molar-refractivity contribution in [1.29, 1.82) is 0 Å². The van der Waals surface area contributed by atoms with Crippen molar-refractivity contribution >= 4 is 27.6 Å². The Kier molecular flexibility index (Phi) is 4.54. The van der Waals surface area contributed by atoms with Gasteiger partial charge in [0.15, 0.2) is 0 Å². The molecule has 2 aromatic carbocycles. The molecule has 1 unspecified atom stereocenters. The van der Waals surface area contributed by atoms with Crippen LogP contribution in [-0.4, -0.2) is 24.0 Å². The molecular formula is C17H14BrF3N2O. The first-order valence-corrected chi connectivity index (χ1v) is 8.19. The van der Waals surface area contributed by atoms with Crippen molar-refractivity contribution in [3.63, 3.8) is 0 Å². The van der Waals surface area contributed by atoms with Gasteiger partial charge in [-0.2, -0.15) is 0 Å². The van der Waals surface area contributed by atoms with Gasteiger partial charge in [-0.3, -0.25) is 4.90 Å². The van der Waals surface area contributed by atoms with Crippen molar-refractivity contribution < 1.29 is 18.0 Å². The van der Waals surface area contributed by atoms with E-state index in [0.29, 0.717) is 12.2 Å². The van der Waals surface area contributed by atoms with Crippen LogP contribution in [0.15, 0.2) is 40.9 Å². The van der Waals surface area contributed by atoms with Gasteiger partial charge < -0.3 is 4.90 Å². The molecule has 0 spiro atoms. The van der Waals surface area contributed by atoms with E-state index in [4.69, 9.17) is 0 Å². The summed E-state index contributed by atoms with van der Waals surface area (Å²) in [5.74, 6) is -1.64. The summed E-state index contributed by atoms with van der Waals surface area (Å²) in [6.45, 7) is 2.21. The largest absolute Gasteiger partial charge is 0.325 e. The van der Waals surface area contributed by atoms with Crippen LogP contribution in [0.5, 0.6) is 0 Å². The monoisotopic (exact) mass is 398 g/mol. The van der Waals surface area contributed by atoms with Crippen LogP contribution in [0.3, 0.4) is 0 Å². The highest BCUT2D eigenvalue weighted by molar-refractivity contribution is 9.10. The Morgan fingerprint density at radius 3 is 2.54 bits per heavy atom. The lowest BCUT2D eigenvalue weighted by atomic mass is 10.1. The van der Waals surface area contributed by atoms with E-state index >= 15 is 0 Å². The highest BCUT2D eigenvalue weighted by Gasteiger charge is 2.39. The maximum Gasteiger partial charge on any atom is 0.325 e. The van der Waals surface area contributed by atoms with Crippen molar-refractivity contribution in [3.8, 4) is 0 Å². The second kappa shape index (κ2) is 6.47. The van der Waals surface area contributed by atoms with Crippen molar-refractivity contribution in [1.82, 2.24) is 4.90 Å². The summed E-state index contributed by atoms with van der Waals surface area (Å²) in [6.07, 6.45) is 0. The number of hydrogen-bond acceptors (Lipinski definition) is 1. The average molecular weight is 399 g/mol. The smallest absolute Gasteiger partial charge is 0.316 e. The minimum absolute atomic E-state index is 0.116. The number of benzene rings is 2. The van der Waals surface area contributed by atoms with Gasteiger partial charge in [0.1, 0.15) is 17.5 Å². The zero-order valence-electron chi connectivity index (χ0n) is 12.8. The van der Waals surface area contributed by atoms with Gasteiger partial charge in [-0.25, -0.2) is 18.0 Å². The van der Waals surface area contributed by atoms with Crippen molar-refractivity contribution in [2.45, 2.75) is 13.0 Å². The number of carbonyl (C=O) groups excluding carboxylic acids is 1. The molecule has 0 bridgehead atoms. The van der Waals surface area contributed by atoms with Gasteiger partial charge in [-0.15, -0.1) is 0 Å². The molecule has 126 valence electrons. The van der Waals surface area contributed by atoms with Gasteiger partial charge in [-0.05, 0) is 59.3 Å². The number of hydrogen-bond donors (Lipinski definition) is 0. The van der Waals surface area contributed by atoms with E-state index in [0.717, 1.165) is 18.2 Å². The number of rotatable bonds is 3. The van der Waals surface area contributed by atoms with E-state index in [1.807, 2.05) is 0 Å². The molecule has 2 aromatic rings. The van der Waals surface area contributed by atoms with Gasteiger partial charge in [0.2, 0.25) is 0 Å². The first-order valence-electron chi connectivity index (χ1n) is 7.40. The van der Waals surface area contributed by atoms with Crippen LogP contribution in [0.1, 0.15) is 18.5 Å². The molecule has 1 aliphatic heterocycles. The van der Waals surface area contributed by atoms with Gasteiger partial charge in [0.25, 0.3) is 0 Å². The zero-order valence-corrected chi connectivity index (χ0v) is 14.4. The first-order chi connectivity index (χ1) is 11.4. The molecule has 3 rings (SSSR count). The van der Waals surface area contributed by atoms with Crippen LogP contribution in [0.2, 0.25) is 0 Å². The van der Waals surface area contributed by atoms with Gasteiger partial charge in [0, 0.05) is 17.8 Å². The predicted molar refractivity (Wildman–Crippen MR) is 88.3 cm³/mol. The molecule has 1 fully saturated rings. The highest BCUT2D eigenvalue weighted by atomic mass is 79.9. The van der Waals surface area contributed by atoms with E-state index < -0.39 is 23.5 Å². The van der Waals surface area contributed by atoms with E-state index in [9.17, 15) is 18.0 Å². The molecule has 0 saturated carbocycles. The number of likely N-dealkylation sites (N-methyl/N-ethyl adjacent to an activating group) is 1. The molecule has 1 atom stereocenters. The fourth-order valence-electron chi connectivity index (χ4n) is 2.90. The molecule has 1 saturated heterocycles. The van der Waals surface area contributed by atoms with Gasteiger partial charge in [-0.1, -0.05) is 0 Å². The summed E-state index contributed by atoms with van der Waals surface area (Å²) < 4.78 is 41.7. The van der Waals surface area contributed by atoms with Gasteiger partial charge in [0.05, 0.1) is 17.1 Å². The second-order valence-electron chi connectivity index (χ2n) is 5.46. The summed E-state index contributed by atoms with van der Waals surface area (Å²) >= 11 is 3.06. The predicted octanol–water partition coefficient (Wildman–Crippen LogP) is 4.87. The Labute approximate surface area is 145 Å². The lowest BCUT2D eigenvalue weighted by Gasteiger charge is -2.22. The quantitative estimate of drug-likeness (QED) is 0.723. The Hall–Kier alpha value is -2.02. The SMILES string of the molecule is CCN1C(=O)N(c2ccc(Br)c(F)c2)CC1c1cc(F)ccc1F. The average Bonchev–Trinajstić information content (AvgIpc) is 2.89. The van der Waals surface area contributed by atoms with Crippen LogP contribution < -0.4 is 4.90 Å². The summed E-state index contributed by atoms with van der Waals surface area (Å²) in [5, 5.41) is 0. The van der Waals surface area contributed by atoms with Crippen LogP contribution >= 0.6 is 15.9 Å². The third-order valence-electron chi connectivity index (χ3n) is 4.08. The Morgan fingerprint density at radius 1 is 1.12 bits per heavy atom. The van der Waals surface area contributed by atoms with Crippen molar-refractivity contribution in [2.75, 3.05) is 18.0 Å². The summed E-state index contributed by atoms with van der Waals surface area (Å²) in [4.78, 5) is 15.4. The molecule has 0 radical (unpaired) electrons. The number of urea groups is 1. The van der Waals surface area contributed by atoms with Crippen LogP contribution in [0.4, 0.5) is 23.7 Å². The molecular weight excluding hydrogens is 385 g/mol. The highest BCUT2D eigenvalue weighted by Crippen LogP contribution is 2.35. The molecule has 1 aliphatic rings. The molecule has 1 heterocycles. The minimum Gasteiger partial charge on any atom is -0.316 e. The summed E-state index contributed by atoms with van der Waals surface area (Å²) in [6, 6.07) is 6.52. The number of nitrogens with zero attached hydrogens (tertiary/aromatic N) is 2. The summed E-state index contributed by atoms with van der Waals surface area (Å²) in [7, 11) is 0. The molecule has 3 nitrogen and oxygen atoms in total. The Balaban J connectivity index is 1.99. The maximum absolute atomic E-state index is 14.1. The zero-order chi connectivity index (χ0) is 17.4. The second-order valence-corrected chi connectivity index (χ2v) is 6.31. The molecule has 0 aromatic heterocycles. The lowest BCUT2D eigenvalue weighted by Crippen LogP contribution is -2.32. The third-order valence-corrected chi connectivity index (χ3v) is 4.72. The number of halogens is 4. The Bertz CT molecular complexity index is 799. The van der Waals surface area contributed by atoms with Crippen LogP contribution in [0, 0.1) is 17.5 Å².